The van der Waals surface area contributed by atoms with E-state index in [-0.39, 0.29) is 12.0 Å². The van der Waals surface area contributed by atoms with Gasteiger partial charge in [-0.15, -0.1) is 0 Å². The van der Waals surface area contributed by atoms with Crippen LogP contribution in [0.5, 0.6) is 0 Å². The van der Waals surface area contributed by atoms with Crippen molar-refractivity contribution in [1.29, 1.82) is 0 Å². The molecule has 6 heteroatoms. The molecule has 1 saturated carbocycles. The lowest BCUT2D eigenvalue weighted by Gasteiger charge is -2.34. The van der Waals surface area contributed by atoms with E-state index < -0.39 is 27.2 Å². The highest BCUT2D eigenvalue weighted by atomic mass is 32.2. The average Bonchev–Trinajstić information content (AvgIpc) is 2.88. The minimum Gasteiger partial charge on any atom is -0.481 e. The van der Waals surface area contributed by atoms with Crippen molar-refractivity contribution < 1.29 is 18.3 Å². The number of rotatable bonds is 8. The third-order valence-electron chi connectivity index (χ3n) is 4.37. The first-order valence-electron chi connectivity index (χ1n) is 7.99. The molecule has 1 N–H and O–H groups in total. The van der Waals surface area contributed by atoms with E-state index in [2.05, 4.69) is 0 Å². The second-order valence-corrected chi connectivity index (χ2v) is 8.50. The van der Waals surface area contributed by atoms with Gasteiger partial charge in [0.1, 0.15) is 0 Å². The molecule has 0 amide bonds. The molecule has 0 aliphatic heterocycles. The van der Waals surface area contributed by atoms with Crippen molar-refractivity contribution in [3.63, 3.8) is 0 Å². The molecule has 21 heavy (non-hydrogen) atoms. The number of hydrogen-bond donors (Lipinski definition) is 1. The SMILES string of the molecule is CCC(CC)N(CC(C)C)S(=O)(=O)C1CCCC1C(=O)O. The van der Waals surface area contributed by atoms with Crippen molar-refractivity contribution in [1.82, 2.24) is 4.31 Å². The molecule has 2 atom stereocenters. The number of hydrogen-bond acceptors (Lipinski definition) is 3. The smallest absolute Gasteiger partial charge is 0.307 e. The fourth-order valence-electron chi connectivity index (χ4n) is 3.26. The third kappa shape index (κ3) is 4.19. The largest absolute Gasteiger partial charge is 0.481 e. The van der Waals surface area contributed by atoms with Crippen LogP contribution in [0.15, 0.2) is 0 Å². The molecule has 0 heterocycles. The Morgan fingerprint density at radius 3 is 2.24 bits per heavy atom. The minimum atomic E-state index is -3.56. The van der Waals surface area contributed by atoms with Gasteiger partial charge in [0.05, 0.1) is 11.2 Å². The number of nitrogens with zero attached hydrogens (tertiary/aromatic N) is 1. The van der Waals surface area contributed by atoms with Crippen LogP contribution in [-0.2, 0) is 14.8 Å². The minimum absolute atomic E-state index is 0.0348. The molecule has 124 valence electrons. The van der Waals surface area contributed by atoms with Crippen molar-refractivity contribution in [2.24, 2.45) is 11.8 Å². The standard InChI is InChI=1S/C15H29NO4S/c1-5-12(6-2)16(10-11(3)4)21(19,20)14-9-7-8-13(14)15(17)18/h11-14H,5-10H2,1-4H3,(H,17,18). The number of carboxylic acids is 1. The van der Waals surface area contributed by atoms with Crippen LogP contribution in [-0.4, -0.2) is 41.6 Å². The van der Waals surface area contributed by atoms with Gasteiger partial charge in [-0.25, -0.2) is 8.42 Å². The Morgan fingerprint density at radius 1 is 1.24 bits per heavy atom. The van der Waals surface area contributed by atoms with Gasteiger partial charge in [0.15, 0.2) is 0 Å². The molecule has 5 nitrogen and oxygen atoms in total. The lowest BCUT2D eigenvalue weighted by atomic mass is 10.1. The predicted molar refractivity (Wildman–Crippen MR) is 83.6 cm³/mol. The highest BCUT2D eigenvalue weighted by molar-refractivity contribution is 7.89. The highest BCUT2D eigenvalue weighted by Crippen LogP contribution is 2.34. The molecular formula is C15H29NO4S. The van der Waals surface area contributed by atoms with Gasteiger partial charge in [-0.3, -0.25) is 4.79 Å². The van der Waals surface area contributed by atoms with Gasteiger partial charge in [0, 0.05) is 12.6 Å². The molecule has 0 spiro atoms. The van der Waals surface area contributed by atoms with Gasteiger partial charge in [-0.1, -0.05) is 34.1 Å². The molecule has 0 aromatic rings. The zero-order chi connectivity index (χ0) is 16.2. The summed E-state index contributed by atoms with van der Waals surface area (Å²) in [5.74, 6) is -1.50. The molecule has 2 unspecified atom stereocenters. The third-order valence-corrected chi connectivity index (χ3v) is 6.80. The summed E-state index contributed by atoms with van der Waals surface area (Å²) in [7, 11) is -3.56. The summed E-state index contributed by atoms with van der Waals surface area (Å²) in [5.41, 5.74) is 0. The van der Waals surface area contributed by atoms with E-state index in [9.17, 15) is 18.3 Å². The summed E-state index contributed by atoms with van der Waals surface area (Å²) in [6.45, 7) is 8.43. The zero-order valence-electron chi connectivity index (χ0n) is 13.6. The Balaban J connectivity index is 3.11. The van der Waals surface area contributed by atoms with Crippen LogP contribution in [0.3, 0.4) is 0 Å². The van der Waals surface area contributed by atoms with E-state index in [0.29, 0.717) is 25.8 Å². The molecule has 0 aromatic heterocycles. The van der Waals surface area contributed by atoms with Crippen LogP contribution >= 0.6 is 0 Å². The van der Waals surface area contributed by atoms with Gasteiger partial charge in [-0.05, 0) is 31.6 Å². The normalized spacial score (nSPS) is 23.4. The first kappa shape index (κ1) is 18.4. The van der Waals surface area contributed by atoms with Gasteiger partial charge < -0.3 is 5.11 Å². The van der Waals surface area contributed by atoms with Gasteiger partial charge >= 0.3 is 5.97 Å². The maximum Gasteiger partial charge on any atom is 0.307 e. The number of aliphatic carboxylic acids is 1. The number of carboxylic acid groups (broad SMARTS) is 1. The first-order chi connectivity index (χ1) is 9.75. The molecule has 1 rings (SSSR count). The molecule has 1 fully saturated rings. The Labute approximate surface area is 128 Å². The summed E-state index contributed by atoms with van der Waals surface area (Å²) in [4.78, 5) is 11.3. The zero-order valence-corrected chi connectivity index (χ0v) is 14.4. The van der Waals surface area contributed by atoms with Crippen LogP contribution in [0.25, 0.3) is 0 Å². The van der Waals surface area contributed by atoms with Crippen LogP contribution in [0.2, 0.25) is 0 Å². The molecular weight excluding hydrogens is 290 g/mol. The number of sulfonamides is 1. The van der Waals surface area contributed by atoms with E-state index in [1.54, 1.807) is 4.31 Å². The maximum absolute atomic E-state index is 13.0. The number of carbonyl (C=O) groups is 1. The average molecular weight is 319 g/mol. The lowest BCUT2D eigenvalue weighted by molar-refractivity contribution is -0.141. The van der Waals surface area contributed by atoms with Crippen molar-refractivity contribution in [2.75, 3.05) is 6.54 Å². The van der Waals surface area contributed by atoms with E-state index >= 15 is 0 Å². The summed E-state index contributed by atoms with van der Waals surface area (Å²) in [5, 5.41) is 8.53. The van der Waals surface area contributed by atoms with Crippen molar-refractivity contribution in [3.8, 4) is 0 Å². The summed E-state index contributed by atoms with van der Waals surface area (Å²) in [6.07, 6.45) is 3.13. The van der Waals surface area contributed by atoms with Gasteiger partial charge in [0.2, 0.25) is 10.0 Å². The molecule has 0 aromatic carbocycles. The van der Waals surface area contributed by atoms with E-state index in [1.807, 2.05) is 27.7 Å². The van der Waals surface area contributed by atoms with E-state index in [1.165, 1.54) is 0 Å². The Bertz CT molecular complexity index is 443. The quantitative estimate of drug-likeness (QED) is 0.746. The second-order valence-electron chi connectivity index (χ2n) is 6.39. The fraction of sp³-hybridized carbons (Fsp3) is 0.933. The molecule has 0 radical (unpaired) electrons. The van der Waals surface area contributed by atoms with E-state index in [4.69, 9.17) is 0 Å². The molecule has 1 aliphatic rings. The molecule has 0 saturated heterocycles. The lowest BCUT2D eigenvalue weighted by Crippen LogP contribution is -2.48. The van der Waals surface area contributed by atoms with Crippen molar-refractivity contribution >= 4 is 16.0 Å². The van der Waals surface area contributed by atoms with Crippen molar-refractivity contribution in [3.05, 3.63) is 0 Å². The topological polar surface area (TPSA) is 74.7 Å². The molecule has 1 aliphatic carbocycles. The fourth-order valence-corrected chi connectivity index (χ4v) is 5.96. The Morgan fingerprint density at radius 2 is 1.81 bits per heavy atom. The summed E-state index contributed by atoms with van der Waals surface area (Å²) >= 11 is 0. The van der Waals surface area contributed by atoms with E-state index in [0.717, 1.165) is 12.8 Å². The van der Waals surface area contributed by atoms with Gasteiger partial charge in [-0.2, -0.15) is 4.31 Å². The van der Waals surface area contributed by atoms with Crippen LogP contribution in [0.4, 0.5) is 0 Å². The van der Waals surface area contributed by atoms with Crippen LogP contribution in [0, 0.1) is 11.8 Å². The second kappa shape index (κ2) is 7.58. The Hall–Kier alpha value is -0.620. The maximum atomic E-state index is 13.0. The summed E-state index contributed by atoms with van der Waals surface area (Å²) in [6, 6.07) is -0.0348. The Kier molecular flexibility index (Phi) is 6.66. The monoisotopic (exact) mass is 319 g/mol. The van der Waals surface area contributed by atoms with Crippen molar-refractivity contribution in [2.45, 2.75) is 71.1 Å². The van der Waals surface area contributed by atoms with Crippen LogP contribution in [0.1, 0.15) is 59.8 Å². The summed E-state index contributed by atoms with van der Waals surface area (Å²) < 4.78 is 27.6. The first-order valence-corrected chi connectivity index (χ1v) is 9.49. The highest BCUT2D eigenvalue weighted by Gasteiger charge is 2.45. The predicted octanol–water partition coefficient (Wildman–Crippen LogP) is 2.72. The van der Waals surface area contributed by atoms with Crippen LogP contribution < -0.4 is 0 Å². The molecule has 0 bridgehead atoms. The van der Waals surface area contributed by atoms with Gasteiger partial charge in [0.25, 0.3) is 0 Å².